The molecule has 0 atom stereocenters. The SMILES string of the molecule is Cc1cc(/C=C2\C(=O)NC(=O)N(Cc3ccccc3)C2=O)c(C)n1-c1ccc2ccccc2c1. The first-order valence-corrected chi connectivity index (χ1v) is 11.0. The van der Waals surface area contributed by atoms with Crippen molar-refractivity contribution >= 4 is 34.7 Å². The Kier molecular flexibility index (Phi) is 5.34. The minimum atomic E-state index is -0.711. The Bertz CT molecular complexity index is 1480. The summed E-state index contributed by atoms with van der Waals surface area (Å²) in [5, 5.41) is 4.58. The zero-order valence-electron chi connectivity index (χ0n) is 18.9. The molecule has 5 rings (SSSR count). The number of benzene rings is 3. The van der Waals surface area contributed by atoms with Crippen LogP contribution >= 0.6 is 0 Å². The van der Waals surface area contributed by atoms with Crippen LogP contribution in [0.4, 0.5) is 4.79 Å². The lowest BCUT2D eigenvalue weighted by molar-refractivity contribution is -0.130. The smallest absolute Gasteiger partial charge is 0.318 e. The van der Waals surface area contributed by atoms with E-state index >= 15 is 0 Å². The molecule has 0 saturated carbocycles. The molecule has 1 aromatic heterocycles. The van der Waals surface area contributed by atoms with Gasteiger partial charge < -0.3 is 4.57 Å². The molecule has 34 heavy (non-hydrogen) atoms. The highest BCUT2D eigenvalue weighted by molar-refractivity contribution is 6.31. The van der Waals surface area contributed by atoms with E-state index in [0.29, 0.717) is 0 Å². The normalized spacial score (nSPS) is 15.3. The van der Waals surface area contributed by atoms with E-state index in [1.54, 1.807) is 6.08 Å². The van der Waals surface area contributed by atoms with Crippen LogP contribution in [0.15, 0.2) is 84.4 Å². The van der Waals surface area contributed by atoms with Gasteiger partial charge in [-0.2, -0.15) is 0 Å². The number of hydrogen-bond acceptors (Lipinski definition) is 3. The van der Waals surface area contributed by atoms with Gasteiger partial charge in [0, 0.05) is 17.1 Å². The van der Waals surface area contributed by atoms with E-state index < -0.39 is 17.8 Å². The van der Waals surface area contributed by atoms with Crippen molar-refractivity contribution < 1.29 is 14.4 Å². The summed E-state index contributed by atoms with van der Waals surface area (Å²) in [6, 6.07) is 24.8. The molecule has 168 valence electrons. The van der Waals surface area contributed by atoms with Crippen molar-refractivity contribution in [1.29, 1.82) is 0 Å². The largest absolute Gasteiger partial charge is 0.331 e. The molecule has 4 aromatic rings. The molecule has 0 bridgehead atoms. The Labute approximate surface area is 197 Å². The fourth-order valence-corrected chi connectivity index (χ4v) is 4.41. The number of barbiturate groups is 1. The van der Waals surface area contributed by atoms with Gasteiger partial charge in [0.1, 0.15) is 5.57 Å². The fourth-order valence-electron chi connectivity index (χ4n) is 4.41. The fraction of sp³-hybridized carbons (Fsp3) is 0.107. The maximum Gasteiger partial charge on any atom is 0.331 e. The molecule has 1 N–H and O–H groups in total. The van der Waals surface area contributed by atoms with Gasteiger partial charge in [-0.15, -0.1) is 0 Å². The zero-order valence-corrected chi connectivity index (χ0v) is 18.9. The van der Waals surface area contributed by atoms with Crippen molar-refractivity contribution in [3.05, 3.63) is 107 Å². The second-order valence-corrected chi connectivity index (χ2v) is 8.39. The first kappa shape index (κ1) is 21.4. The van der Waals surface area contributed by atoms with Crippen molar-refractivity contribution in [2.24, 2.45) is 0 Å². The molecule has 6 nitrogen and oxygen atoms in total. The summed E-state index contributed by atoms with van der Waals surface area (Å²) < 4.78 is 2.09. The van der Waals surface area contributed by atoms with E-state index in [2.05, 4.69) is 40.2 Å². The Balaban J connectivity index is 1.51. The lowest BCUT2D eigenvalue weighted by Crippen LogP contribution is -2.53. The number of imide groups is 2. The highest BCUT2D eigenvalue weighted by atomic mass is 16.2. The Morgan fingerprint density at radius 2 is 1.53 bits per heavy atom. The van der Waals surface area contributed by atoms with Gasteiger partial charge in [-0.25, -0.2) is 4.79 Å². The number of aryl methyl sites for hydroxylation is 1. The minimum absolute atomic E-state index is 0.0608. The predicted molar refractivity (Wildman–Crippen MR) is 131 cm³/mol. The maximum atomic E-state index is 13.1. The summed E-state index contributed by atoms with van der Waals surface area (Å²) >= 11 is 0. The molecule has 1 fully saturated rings. The number of carbonyl (C=O) groups excluding carboxylic acids is 3. The highest BCUT2D eigenvalue weighted by Crippen LogP contribution is 2.26. The summed E-state index contributed by atoms with van der Waals surface area (Å²) in [4.78, 5) is 39.2. The summed E-state index contributed by atoms with van der Waals surface area (Å²) in [6.07, 6.45) is 1.57. The number of aromatic nitrogens is 1. The van der Waals surface area contributed by atoms with E-state index in [1.165, 1.54) is 0 Å². The van der Waals surface area contributed by atoms with Crippen molar-refractivity contribution in [2.45, 2.75) is 20.4 Å². The van der Waals surface area contributed by atoms with E-state index in [0.717, 1.165) is 43.9 Å². The number of nitrogens with one attached hydrogen (secondary N) is 1. The van der Waals surface area contributed by atoms with Crippen molar-refractivity contribution in [2.75, 3.05) is 0 Å². The molecule has 3 aromatic carbocycles. The van der Waals surface area contributed by atoms with Crippen molar-refractivity contribution in [3.8, 4) is 5.69 Å². The molecular weight excluding hydrogens is 426 g/mol. The van der Waals surface area contributed by atoms with Gasteiger partial charge in [0.05, 0.1) is 6.54 Å². The molecule has 1 aliphatic heterocycles. The van der Waals surface area contributed by atoms with Crippen LogP contribution in [0.5, 0.6) is 0 Å². The van der Waals surface area contributed by atoms with Crippen LogP contribution in [0.2, 0.25) is 0 Å². The number of nitrogens with zero attached hydrogens (tertiary/aromatic N) is 2. The molecule has 4 amide bonds. The second-order valence-electron chi connectivity index (χ2n) is 8.39. The minimum Gasteiger partial charge on any atom is -0.318 e. The number of urea groups is 1. The Morgan fingerprint density at radius 3 is 2.29 bits per heavy atom. The van der Waals surface area contributed by atoms with E-state index in [4.69, 9.17) is 0 Å². The second kappa shape index (κ2) is 8.48. The summed E-state index contributed by atoms with van der Waals surface area (Å²) in [7, 11) is 0. The van der Waals surface area contributed by atoms with Crippen LogP contribution in [-0.4, -0.2) is 27.3 Å². The van der Waals surface area contributed by atoms with Gasteiger partial charge in [-0.05, 0) is 60.0 Å². The topological polar surface area (TPSA) is 71.4 Å². The first-order chi connectivity index (χ1) is 16.4. The van der Waals surface area contributed by atoms with Crippen LogP contribution < -0.4 is 5.32 Å². The van der Waals surface area contributed by atoms with E-state index in [-0.39, 0.29) is 12.1 Å². The maximum absolute atomic E-state index is 13.1. The molecule has 1 aliphatic rings. The third kappa shape index (κ3) is 3.79. The number of hydrogen-bond donors (Lipinski definition) is 1. The molecule has 1 saturated heterocycles. The zero-order chi connectivity index (χ0) is 23.8. The lowest BCUT2D eigenvalue weighted by Gasteiger charge is -2.26. The summed E-state index contributed by atoms with van der Waals surface area (Å²) in [5.41, 5.74) is 4.35. The number of carbonyl (C=O) groups is 3. The summed E-state index contributed by atoms with van der Waals surface area (Å²) in [6.45, 7) is 4.02. The van der Waals surface area contributed by atoms with Gasteiger partial charge in [0.15, 0.2) is 0 Å². The van der Waals surface area contributed by atoms with Gasteiger partial charge in [0.2, 0.25) is 0 Å². The average molecular weight is 450 g/mol. The van der Waals surface area contributed by atoms with Crippen LogP contribution in [0.3, 0.4) is 0 Å². The summed E-state index contributed by atoms with van der Waals surface area (Å²) in [5.74, 6) is -1.29. The number of fused-ring (bicyclic) bond motifs is 1. The molecule has 0 aliphatic carbocycles. The third-order valence-electron chi connectivity index (χ3n) is 6.13. The molecule has 6 heteroatoms. The first-order valence-electron chi connectivity index (χ1n) is 11.0. The van der Waals surface area contributed by atoms with Crippen molar-refractivity contribution in [3.63, 3.8) is 0 Å². The molecule has 0 spiro atoms. The van der Waals surface area contributed by atoms with Crippen molar-refractivity contribution in [1.82, 2.24) is 14.8 Å². The van der Waals surface area contributed by atoms with Gasteiger partial charge >= 0.3 is 6.03 Å². The Hall–Kier alpha value is -4.45. The molecular formula is C28H23N3O3. The van der Waals surface area contributed by atoms with E-state index in [1.807, 2.05) is 62.4 Å². The lowest BCUT2D eigenvalue weighted by atomic mass is 10.1. The number of rotatable bonds is 4. The third-order valence-corrected chi connectivity index (χ3v) is 6.13. The molecule has 0 unspecified atom stereocenters. The highest BCUT2D eigenvalue weighted by Gasteiger charge is 2.35. The standard InChI is InChI=1S/C28H23N3O3/c1-18-14-23(19(2)31(18)24-13-12-21-10-6-7-11-22(21)15-24)16-25-26(32)29-28(34)30(27(25)33)17-20-8-4-3-5-9-20/h3-16H,17H2,1-2H3,(H,29,32,34)/b25-16+. The molecule has 0 radical (unpaired) electrons. The van der Waals surface area contributed by atoms with Gasteiger partial charge in [0.25, 0.3) is 11.8 Å². The van der Waals surface area contributed by atoms with Crippen LogP contribution in [0.25, 0.3) is 22.5 Å². The quantitative estimate of drug-likeness (QED) is 0.356. The molecule has 2 heterocycles. The van der Waals surface area contributed by atoms with Gasteiger partial charge in [-0.1, -0.05) is 60.7 Å². The van der Waals surface area contributed by atoms with E-state index in [9.17, 15) is 14.4 Å². The van der Waals surface area contributed by atoms with Crippen LogP contribution in [-0.2, 0) is 16.1 Å². The average Bonchev–Trinajstić information content (AvgIpc) is 3.12. The van der Waals surface area contributed by atoms with Gasteiger partial charge in [-0.3, -0.25) is 19.8 Å². The van der Waals surface area contributed by atoms with Crippen LogP contribution in [0.1, 0.15) is 22.5 Å². The Morgan fingerprint density at radius 1 is 0.824 bits per heavy atom. The van der Waals surface area contributed by atoms with Crippen LogP contribution in [0, 0.1) is 13.8 Å². The number of amides is 4. The predicted octanol–water partition coefficient (Wildman–Crippen LogP) is 4.91. The monoisotopic (exact) mass is 449 g/mol.